The third kappa shape index (κ3) is 2.57. The first kappa shape index (κ1) is 13.1. The van der Waals surface area contributed by atoms with Crippen molar-refractivity contribution in [3.8, 4) is 0 Å². The predicted octanol–water partition coefficient (Wildman–Crippen LogP) is 2.84. The number of aromatic nitrogens is 2. The van der Waals surface area contributed by atoms with Crippen LogP contribution in [0.5, 0.6) is 0 Å². The lowest BCUT2D eigenvalue weighted by Crippen LogP contribution is -2.07. The average Bonchev–Trinajstić information content (AvgIpc) is 2.64. The first-order chi connectivity index (χ1) is 8.49. The van der Waals surface area contributed by atoms with Gasteiger partial charge in [-0.25, -0.2) is 0 Å². The number of aryl methyl sites for hydroxylation is 1. The van der Waals surface area contributed by atoms with Crippen LogP contribution in [0.3, 0.4) is 0 Å². The van der Waals surface area contributed by atoms with Gasteiger partial charge in [-0.05, 0) is 17.7 Å². The van der Waals surface area contributed by atoms with Crippen LogP contribution in [0.1, 0.15) is 15.9 Å². The number of carbonyl (C=O) groups is 1. The van der Waals surface area contributed by atoms with E-state index in [-0.39, 0.29) is 12.2 Å². The molecule has 0 radical (unpaired) electrons. The Kier molecular flexibility index (Phi) is 3.73. The molecule has 0 atom stereocenters. The van der Waals surface area contributed by atoms with Crippen LogP contribution >= 0.6 is 27.5 Å². The lowest BCUT2D eigenvalue weighted by atomic mass is 10.1. The maximum absolute atomic E-state index is 12.1. The summed E-state index contributed by atoms with van der Waals surface area (Å²) in [6, 6.07) is 5.43. The molecule has 0 aliphatic carbocycles. The van der Waals surface area contributed by atoms with Crippen LogP contribution in [0.15, 0.2) is 28.9 Å². The van der Waals surface area contributed by atoms with Crippen LogP contribution in [-0.4, -0.2) is 15.6 Å². The van der Waals surface area contributed by atoms with E-state index in [0.29, 0.717) is 16.4 Å². The summed E-state index contributed by atoms with van der Waals surface area (Å²) in [5.41, 5.74) is 6.96. The Labute approximate surface area is 118 Å². The molecule has 2 aromatic rings. The highest BCUT2D eigenvalue weighted by Gasteiger charge is 2.15. The van der Waals surface area contributed by atoms with E-state index in [9.17, 15) is 4.79 Å². The molecule has 0 fully saturated rings. The molecule has 0 spiro atoms. The van der Waals surface area contributed by atoms with E-state index in [1.54, 1.807) is 13.1 Å². The Morgan fingerprint density at radius 3 is 2.83 bits per heavy atom. The quantitative estimate of drug-likeness (QED) is 0.881. The predicted molar refractivity (Wildman–Crippen MR) is 74.8 cm³/mol. The van der Waals surface area contributed by atoms with Crippen LogP contribution in [0, 0.1) is 0 Å². The minimum absolute atomic E-state index is 0.0928. The smallest absolute Gasteiger partial charge is 0.172 e. The number of nitrogens with two attached hydrogens (primary N) is 1. The summed E-state index contributed by atoms with van der Waals surface area (Å²) in [5.74, 6) is 0.276. The van der Waals surface area contributed by atoms with Crippen molar-refractivity contribution in [3.63, 3.8) is 0 Å². The number of hydrogen-bond acceptors (Lipinski definition) is 3. The van der Waals surface area contributed by atoms with Crippen molar-refractivity contribution in [2.24, 2.45) is 7.05 Å². The molecule has 0 aliphatic heterocycles. The Morgan fingerprint density at radius 2 is 2.28 bits per heavy atom. The van der Waals surface area contributed by atoms with Crippen molar-refractivity contribution < 1.29 is 4.79 Å². The fraction of sp³-hybridized carbons (Fsp3) is 0.167. The molecule has 0 unspecified atom stereocenters. The normalized spacial score (nSPS) is 10.6. The molecule has 1 aromatic carbocycles. The Bertz CT molecular complexity index is 609. The van der Waals surface area contributed by atoms with Crippen molar-refractivity contribution in [3.05, 3.63) is 45.0 Å². The molecule has 1 heterocycles. The van der Waals surface area contributed by atoms with Gasteiger partial charge < -0.3 is 5.73 Å². The van der Waals surface area contributed by atoms with Gasteiger partial charge in [0.2, 0.25) is 0 Å². The molecule has 2 rings (SSSR count). The topological polar surface area (TPSA) is 60.9 Å². The minimum atomic E-state index is -0.0928. The Hall–Kier alpha value is -1.33. The maximum atomic E-state index is 12.1. The van der Waals surface area contributed by atoms with Crippen molar-refractivity contribution in [2.45, 2.75) is 6.42 Å². The summed E-state index contributed by atoms with van der Waals surface area (Å²) in [6.45, 7) is 0. The summed E-state index contributed by atoms with van der Waals surface area (Å²) in [7, 11) is 1.69. The monoisotopic (exact) mass is 327 g/mol. The average molecular weight is 329 g/mol. The first-order valence-electron chi connectivity index (χ1n) is 5.23. The lowest BCUT2D eigenvalue weighted by molar-refractivity contribution is 0.0994. The summed E-state index contributed by atoms with van der Waals surface area (Å²) in [6.07, 6.45) is 1.69. The maximum Gasteiger partial charge on any atom is 0.172 e. The molecule has 1 aromatic heterocycles. The molecule has 0 saturated heterocycles. The molecule has 0 bridgehead atoms. The van der Waals surface area contributed by atoms with Crippen molar-refractivity contribution >= 4 is 39.1 Å². The van der Waals surface area contributed by atoms with Crippen LogP contribution < -0.4 is 5.73 Å². The minimum Gasteiger partial charge on any atom is -0.383 e. The van der Waals surface area contributed by atoms with Gasteiger partial charge in [-0.15, -0.1) is 0 Å². The van der Waals surface area contributed by atoms with Gasteiger partial charge in [-0.3, -0.25) is 9.48 Å². The Morgan fingerprint density at radius 1 is 1.56 bits per heavy atom. The highest BCUT2D eigenvalue weighted by Crippen LogP contribution is 2.23. The number of nitrogens with zero attached hydrogens (tertiary/aromatic N) is 2. The number of hydrogen-bond donors (Lipinski definition) is 1. The summed E-state index contributed by atoms with van der Waals surface area (Å²) < 4.78 is 2.35. The van der Waals surface area contributed by atoms with Gasteiger partial charge in [0.15, 0.2) is 5.78 Å². The van der Waals surface area contributed by atoms with E-state index in [1.165, 1.54) is 10.9 Å². The van der Waals surface area contributed by atoms with Crippen molar-refractivity contribution in [1.82, 2.24) is 9.78 Å². The van der Waals surface area contributed by atoms with Gasteiger partial charge in [0, 0.05) is 23.0 Å². The molecule has 0 amide bonds. The summed E-state index contributed by atoms with van der Waals surface area (Å²) in [4.78, 5) is 12.1. The van der Waals surface area contributed by atoms with E-state index in [2.05, 4.69) is 21.0 Å². The third-order valence-corrected chi connectivity index (χ3v) is 3.50. The number of carbonyl (C=O) groups excluding carboxylic acids is 1. The number of halogens is 2. The SMILES string of the molecule is Cn1ncc(C(=O)Cc2ccc(Br)cc2Cl)c1N. The van der Waals surface area contributed by atoms with E-state index in [0.717, 1.165) is 10.0 Å². The number of anilines is 1. The van der Waals surface area contributed by atoms with E-state index in [1.807, 2.05) is 12.1 Å². The summed E-state index contributed by atoms with van der Waals surface area (Å²) in [5, 5.41) is 4.50. The largest absolute Gasteiger partial charge is 0.383 e. The van der Waals surface area contributed by atoms with E-state index >= 15 is 0 Å². The van der Waals surface area contributed by atoms with Gasteiger partial charge in [-0.2, -0.15) is 5.10 Å². The lowest BCUT2D eigenvalue weighted by Gasteiger charge is -2.04. The standard InChI is InChI=1S/C12H11BrClN3O/c1-17-12(15)9(6-16-17)11(18)4-7-2-3-8(13)5-10(7)14/h2-3,5-6H,4,15H2,1H3. The Balaban J connectivity index is 2.24. The highest BCUT2D eigenvalue weighted by atomic mass is 79.9. The molecular formula is C12H11BrClN3O. The second-order valence-corrected chi connectivity index (χ2v) is 5.23. The molecule has 94 valence electrons. The number of rotatable bonds is 3. The van der Waals surface area contributed by atoms with Crippen LogP contribution in [0.2, 0.25) is 5.02 Å². The van der Waals surface area contributed by atoms with Gasteiger partial charge in [0.1, 0.15) is 5.82 Å². The van der Waals surface area contributed by atoms with Crippen LogP contribution in [0.4, 0.5) is 5.82 Å². The fourth-order valence-electron chi connectivity index (χ4n) is 1.60. The second kappa shape index (κ2) is 5.12. The molecule has 18 heavy (non-hydrogen) atoms. The summed E-state index contributed by atoms with van der Waals surface area (Å²) >= 11 is 9.39. The molecule has 4 nitrogen and oxygen atoms in total. The second-order valence-electron chi connectivity index (χ2n) is 3.90. The zero-order chi connectivity index (χ0) is 13.3. The fourth-order valence-corrected chi connectivity index (χ4v) is 2.34. The highest BCUT2D eigenvalue weighted by molar-refractivity contribution is 9.10. The van der Waals surface area contributed by atoms with Crippen LogP contribution in [0.25, 0.3) is 0 Å². The van der Waals surface area contributed by atoms with Crippen molar-refractivity contribution in [2.75, 3.05) is 5.73 Å². The van der Waals surface area contributed by atoms with Crippen LogP contribution in [-0.2, 0) is 13.5 Å². The number of ketones is 1. The first-order valence-corrected chi connectivity index (χ1v) is 6.40. The molecular weight excluding hydrogens is 318 g/mol. The van der Waals surface area contributed by atoms with E-state index < -0.39 is 0 Å². The third-order valence-electron chi connectivity index (χ3n) is 2.65. The van der Waals surface area contributed by atoms with Gasteiger partial charge in [0.05, 0.1) is 11.8 Å². The van der Waals surface area contributed by atoms with Gasteiger partial charge >= 0.3 is 0 Å². The molecule has 2 N–H and O–H groups in total. The number of benzene rings is 1. The van der Waals surface area contributed by atoms with E-state index in [4.69, 9.17) is 17.3 Å². The van der Waals surface area contributed by atoms with Gasteiger partial charge in [0.25, 0.3) is 0 Å². The zero-order valence-electron chi connectivity index (χ0n) is 9.65. The zero-order valence-corrected chi connectivity index (χ0v) is 12.0. The molecule has 6 heteroatoms. The van der Waals surface area contributed by atoms with Gasteiger partial charge in [-0.1, -0.05) is 33.6 Å². The van der Waals surface area contributed by atoms with Crippen molar-refractivity contribution in [1.29, 1.82) is 0 Å². The molecule has 0 saturated carbocycles. The number of Topliss-reactive ketones (excluding diaryl/α,β-unsaturated/α-hetero) is 1. The number of nitrogen functional groups attached to an aromatic ring is 1. The molecule has 0 aliphatic rings.